The Bertz CT molecular complexity index is 656. The summed E-state index contributed by atoms with van der Waals surface area (Å²) in [6, 6.07) is 5.81. The molecule has 3 atom stereocenters. The quantitative estimate of drug-likeness (QED) is 0.904. The molecule has 0 unspecified atom stereocenters. The molecule has 2 saturated heterocycles. The van der Waals surface area contributed by atoms with Crippen LogP contribution in [0.5, 0.6) is 0 Å². The fourth-order valence-electron chi connectivity index (χ4n) is 3.77. The third-order valence-corrected chi connectivity index (χ3v) is 5.78. The first-order chi connectivity index (χ1) is 11.8. The molecule has 2 aliphatic rings. The molecular weight excluding hydrogens is 324 g/mol. The Morgan fingerprint density at radius 1 is 1.42 bits per heavy atom. The van der Waals surface area contributed by atoms with Crippen LogP contribution in [0.15, 0.2) is 39.6 Å². The Morgan fingerprint density at radius 3 is 3.17 bits per heavy atom. The molecule has 4 rings (SSSR count). The number of nitrogens with one attached hydrogen (secondary N) is 1. The number of ether oxygens (including phenoxy) is 1. The van der Waals surface area contributed by atoms with Crippen molar-refractivity contribution >= 4 is 17.2 Å². The fourth-order valence-corrected chi connectivity index (χ4v) is 4.40. The molecule has 128 valence electrons. The summed E-state index contributed by atoms with van der Waals surface area (Å²) < 4.78 is 11.5. The molecule has 0 spiro atoms. The number of thiophene rings is 1. The lowest BCUT2D eigenvalue weighted by molar-refractivity contribution is 0.0666. The third kappa shape index (κ3) is 3.41. The van der Waals surface area contributed by atoms with Crippen LogP contribution < -0.4 is 5.32 Å². The van der Waals surface area contributed by atoms with Crippen LogP contribution in [0.3, 0.4) is 0 Å². The monoisotopic (exact) mass is 346 g/mol. The predicted octanol–water partition coefficient (Wildman–Crippen LogP) is 2.61. The van der Waals surface area contributed by atoms with Gasteiger partial charge in [-0.3, -0.25) is 9.69 Å². The average Bonchev–Trinajstić information content (AvgIpc) is 3.34. The summed E-state index contributed by atoms with van der Waals surface area (Å²) in [7, 11) is 0. The van der Waals surface area contributed by atoms with Gasteiger partial charge in [0.05, 0.1) is 25.5 Å². The number of fused-ring (bicyclic) bond motifs is 1. The number of rotatable bonds is 5. The second kappa shape index (κ2) is 7.09. The van der Waals surface area contributed by atoms with Gasteiger partial charge in [-0.1, -0.05) is 0 Å². The number of nitrogens with zero attached hydrogens (tertiary/aromatic N) is 1. The Morgan fingerprint density at radius 2 is 2.38 bits per heavy atom. The average molecular weight is 346 g/mol. The molecule has 6 heteroatoms. The molecule has 2 aromatic heterocycles. The van der Waals surface area contributed by atoms with Gasteiger partial charge in [-0.05, 0) is 42.5 Å². The topological polar surface area (TPSA) is 54.7 Å². The zero-order valence-corrected chi connectivity index (χ0v) is 14.3. The molecule has 0 aliphatic carbocycles. The van der Waals surface area contributed by atoms with Crippen LogP contribution in [0, 0.1) is 11.8 Å². The maximum Gasteiger partial charge on any atom is 0.252 e. The predicted molar refractivity (Wildman–Crippen MR) is 92.0 cm³/mol. The highest BCUT2D eigenvalue weighted by molar-refractivity contribution is 7.08. The summed E-state index contributed by atoms with van der Waals surface area (Å²) in [5, 5.41) is 6.82. The van der Waals surface area contributed by atoms with Crippen molar-refractivity contribution in [1.82, 2.24) is 10.2 Å². The minimum absolute atomic E-state index is 0.00782. The van der Waals surface area contributed by atoms with E-state index in [1.807, 2.05) is 29.0 Å². The Hall–Kier alpha value is -1.63. The van der Waals surface area contributed by atoms with Crippen LogP contribution >= 0.6 is 11.3 Å². The van der Waals surface area contributed by atoms with Crippen LogP contribution in [0.25, 0.3) is 0 Å². The van der Waals surface area contributed by atoms with E-state index in [2.05, 4.69) is 10.2 Å². The molecule has 2 aromatic rings. The fraction of sp³-hybridized carbons (Fsp3) is 0.500. The first-order valence-electron chi connectivity index (χ1n) is 8.46. The van der Waals surface area contributed by atoms with Crippen LogP contribution in [0.4, 0.5) is 0 Å². The van der Waals surface area contributed by atoms with E-state index in [0.717, 1.165) is 44.0 Å². The Kier molecular flexibility index (Phi) is 4.69. The highest BCUT2D eigenvalue weighted by atomic mass is 32.1. The van der Waals surface area contributed by atoms with Gasteiger partial charge in [-0.15, -0.1) is 0 Å². The largest absolute Gasteiger partial charge is 0.468 e. The molecule has 0 bridgehead atoms. The van der Waals surface area contributed by atoms with Gasteiger partial charge in [-0.25, -0.2) is 0 Å². The van der Waals surface area contributed by atoms with E-state index in [1.165, 1.54) is 11.3 Å². The maximum absolute atomic E-state index is 12.1. The zero-order chi connectivity index (χ0) is 16.4. The van der Waals surface area contributed by atoms with Gasteiger partial charge < -0.3 is 14.5 Å². The van der Waals surface area contributed by atoms with Gasteiger partial charge in [0.2, 0.25) is 0 Å². The summed E-state index contributed by atoms with van der Waals surface area (Å²) >= 11 is 1.54. The summed E-state index contributed by atoms with van der Waals surface area (Å²) in [6.45, 7) is 4.34. The SMILES string of the molecule is O=C(NC[C@H]1OC[C@@H]2CCN(Cc3ccco3)C[C@@H]21)c1ccsc1. The van der Waals surface area contributed by atoms with Gasteiger partial charge >= 0.3 is 0 Å². The minimum atomic E-state index is -0.00782. The number of furan rings is 1. The molecule has 0 saturated carbocycles. The molecule has 2 aliphatic heterocycles. The van der Waals surface area contributed by atoms with Gasteiger partial charge in [0, 0.05) is 30.0 Å². The zero-order valence-electron chi connectivity index (χ0n) is 13.5. The molecule has 4 heterocycles. The molecule has 5 nitrogen and oxygen atoms in total. The van der Waals surface area contributed by atoms with Crippen LogP contribution in [-0.2, 0) is 11.3 Å². The van der Waals surface area contributed by atoms with Gasteiger partial charge in [0.25, 0.3) is 5.91 Å². The van der Waals surface area contributed by atoms with Crippen molar-refractivity contribution in [2.24, 2.45) is 11.8 Å². The second-order valence-electron chi connectivity index (χ2n) is 6.62. The first-order valence-corrected chi connectivity index (χ1v) is 9.40. The standard InChI is InChI=1S/C18H22N2O3S/c21-18(14-4-7-24-12-14)19-8-17-16-10-20(5-3-13(16)11-23-17)9-15-2-1-6-22-15/h1-2,4,6-7,12-13,16-17H,3,5,8-11H2,(H,19,21)/t13-,16-,17+/m0/s1. The lowest BCUT2D eigenvalue weighted by Crippen LogP contribution is -2.45. The number of hydrogen-bond acceptors (Lipinski definition) is 5. The number of carbonyl (C=O) groups excluding carboxylic acids is 1. The number of hydrogen-bond donors (Lipinski definition) is 1. The summed E-state index contributed by atoms with van der Waals surface area (Å²) in [6.07, 6.45) is 2.99. The van der Waals surface area contributed by atoms with E-state index >= 15 is 0 Å². The Balaban J connectivity index is 1.32. The van der Waals surface area contributed by atoms with E-state index in [0.29, 0.717) is 18.4 Å². The molecule has 0 aromatic carbocycles. The second-order valence-corrected chi connectivity index (χ2v) is 7.40. The molecule has 1 N–H and O–H groups in total. The number of amides is 1. The summed E-state index contributed by atoms with van der Waals surface area (Å²) in [5.41, 5.74) is 0.734. The van der Waals surface area contributed by atoms with E-state index < -0.39 is 0 Å². The number of piperidine rings is 1. The van der Waals surface area contributed by atoms with Crippen molar-refractivity contribution in [2.45, 2.75) is 19.1 Å². The number of carbonyl (C=O) groups is 1. The third-order valence-electron chi connectivity index (χ3n) is 5.10. The smallest absolute Gasteiger partial charge is 0.252 e. The van der Waals surface area contributed by atoms with Crippen LogP contribution in [-0.4, -0.2) is 43.2 Å². The van der Waals surface area contributed by atoms with Crippen molar-refractivity contribution in [1.29, 1.82) is 0 Å². The van der Waals surface area contributed by atoms with Crippen LogP contribution in [0.2, 0.25) is 0 Å². The van der Waals surface area contributed by atoms with Crippen molar-refractivity contribution in [3.05, 3.63) is 46.5 Å². The molecule has 0 radical (unpaired) electrons. The van der Waals surface area contributed by atoms with E-state index in [1.54, 1.807) is 6.26 Å². The van der Waals surface area contributed by atoms with Gasteiger partial charge in [0.15, 0.2) is 0 Å². The highest BCUT2D eigenvalue weighted by Crippen LogP contribution is 2.34. The van der Waals surface area contributed by atoms with Crippen molar-refractivity contribution in [2.75, 3.05) is 26.2 Å². The summed E-state index contributed by atoms with van der Waals surface area (Å²) in [4.78, 5) is 14.5. The van der Waals surface area contributed by atoms with Crippen molar-refractivity contribution in [3.63, 3.8) is 0 Å². The normalized spacial score (nSPS) is 27.1. The number of likely N-dealkylation sites (tertiary alicyclic amines) is 1. The Labute approximate surface area is 145 Å². The minimum Gasteiger partial charge on any atom is -0.468 e. The van der Waals surface area contributed by atoms with Crippen molar-refractivity contribution < 1.29 is 13.9 Å². The molecule has 24 heavy (non-hydrogen) atoms. The lowest BCUT2D eigenvalue weighted by Gasteiger charge is -2.35. The molecule has 1 amide bonds. The molecule has 2 fully saturated rings. The van der Waals surface area contributed by atoms with Crippen molar-refractivity contribution in [3.8, 4) is 0 Å². The van der Waals surface area contributed by atoms with Gasteiger partial charge in [-0.2, -0.15) is 11.3 Å². The van der Waals surface area contributed by atoms with E-state index in [4.69, 9.17) is 9.15 Å². The molecular formula is C18H22N2O3S. The highest BCUT2D eigenvalue weighted by Gasteiger charge is 2.40. The van der Waals surface area contributed by atoms with Crippen LogP contribution in [0.1, 0.15) is 22.5 Å². The van der Waals surface area contributed by atoms with Gasteiger partial charge in [0.1, 0.15) is 5.76 Å². The summed E-state index contributed by atoms with van der Waals surface area (Å²) in [5.74, 6) is 2.10. The van der Waals surface area contributed by atoms with E-state index in [-0.39, 0.29) is 12.0 Å². The maximum atomic E-state index is 12.1. The van der Waals surface area contributed by atoms with E-state index in [9.17, 15) is 4.79 Å². The first kappa shape index (κ1) is 15.9. The lowest BCUT2D eigenvalue weighted by atomic mass is 9.84.